The van der Waals surface area contributed by atoms with Crippen molar-refractivity contribution in [1.29, 1.82) is 0 Å². The fourth-order valence-electron chi connectivity index (χ4n) is 12.2. The molecule has 2 aliphatic carbocycles. The van der Waals surface area contributed by atoms with Crippen LogP contribution in [0.1, 0.15) is 153 Å². The first-order valence-corrected chi connectivity index (χ1v) is 24.8. The Balaban J connectivity index is 1.16. The second-order valence-corrected chi connectivity index (χ2v) is 20.2. The number of aliphatic hydroxyl groups is 2. The third-order valence-corrected chi connectivity index (χ3v) is 15.8. The molecule has 68 heavy (non-hydrogen) atoms. The zero-order valence-corrected chi connectivity index (χ0v) is 40.0. The monoisotopic (exact) mass is 922 g/mol. The quantitative estimate of drug-likeness (QED) is 0.0790. The van der Waals surface area contributed by atoms with Gasteiger partial charge in [-0.3, -0.25) is 4.79 Å². The summed E-state index contributed by atoms with van der Waals surface area (Å²) in [5.41, 5.74) is 6.55. The third-order valence-electron chi connectivity index (χ3n) is 15.8. The molecule has 2 fully saturated rings. The minimum atomic E-state index is -1.23. The van der Waals surface area contributed by atoms with E-state index in [1.54, 1.807) is 12.1 Å². The molecular weight excluding hydrogens is 857 g/mol. The molecule has 358 valence electrons. The lowest BCUT2D eigenvalue weighted by atomic mass is 9.68. The molecule has 0 spiro atoms. The van der Waals surface area contributed by atoms with Crippen molar-refractivity contribution < 1.29 is 43.2 Å². The van der Waals surface area contributed by atoms with Crippen LogP contribution in [0.15, 0.2) is 111 Å². The number of hydrogen-bond donors (Lipinski definition) is 2. The number of carbonyl (C=O) groups is 2. The second kappa shape index (κ2) is 20.6. The average molecular weight is 923 g/mol. The molecule has 4 heterocycles. The maximum Gasteiger partial charge on any atom is 0.340 e. The van der Waals surface area contributed by atoms with Gasteiger partial charge in [0.2, 0.25) is 0 Å². The average Bonchev–Trinajstić information content (AvgIpc) is 3.89. The van der Waals surface area contributed by atoms with E-state index in [4.69, 9.17) is 23.4 Å². The summed E-state index contributed by atoms with van der Waals surface area (Å²) in [5, 5.41) is 21.4. The van der Waals surface area contributed by atoms with Crippen LogP contribution in [0.4, 0.5) is 0 Å². The molecule has 5 aromatic rings. The van der Waals surface area contributed by atoms with E-state index in [9.17, 15) is 19.8 Å². The number of rotatable bonds is 10. The van der Waals surface area contributed by atoms with E-state index in [-0.39, 0.29) is 66.4 Å². The van der Waals surface area contributed by atoms with Crippen molar-refractivity contribution in [1.82, 2.24) is 0 Å². The van der Waals surface area contributed by atoms with E-state index in [1.165, 1.54) is 29.4 Å². The van der Waals surface area contributed by atoms with Crippen LogP contribution in [-0.2, 0) is 43.2 Å². The summed E-state index contributed by atoms with van der Waals surface area (Å²) in [4.78, 5) is 44.2. The summed E-state index contributed by atoms with van der Waals surface area (Å²) >= 11 is 0. The number of aliphatic hydroxyl groups excluding tert-OH is 2. The summed E-state index contributed by atoms with van der Waals surface area (Å²) in [5.74, 6) is -0.932. The lowest BCUT2D eigenvalue weighted by molar-refractivity contribution is -0.199. The molecule has 0 unspecified atom stereocenters. The largest absolute Gasteiger partial charge is 0.483 e. The van der Waals surface area contributed by atoms with Gasteiger partial charge < -0.3 is 33.6 Å². The molecule has 2 bridgehead atoms. The normalized spacial score (nSPS) is 24.9. The number of aryl methyl sites for hydroxylation is 1. The molecule has 3 aliphatic heterocycles. The summed E-state index contributed by atoms with van der Waals surface area (Å²) in [7, 11) is 1.52. The van der Waals surface area contributed by atoms with Gasteiger partial charge in [-0.15, -0.1) is 0 Å². The highest BCUT2D eigenvalue weighted by Crippen LogP contribution is 2.53. The Labute approximate surface area is 399 Å². The Hall–Kier alpha value is -5.55. The van der Waals surface area contributed by atoms with Crippen LogP contribution in [0, 0.1) is 11.8 Å². The molecule has 5 aliphatic rings. The summed E-state index contributed by atoms with van der Waals surface area (Å²) in [6.07, 6.45) is 6.16. The van der Waals surface area contributed by atoms with Crippen LogP contribution in [-0.4, -0.2) is 54.2 Å². The minimum absolute atomic E-state index is 0.0409. The fourth-order valence-corrected chi connectivity index (χ4v) is 12.2. The van der Waals surface area contributed by atoms with Gasteiger partial charge in [0.25, 0.3) is 0 Å². The van der Waals surface area contributed by atoms with Crippen molar-refractivity contribution in [3.05, 3.63) is 157 Å². The number of carbonyl (C=O) groups excluding carboxylic acids is 2. The predicted molar refractivity (Wildman–Crippen MR) is 261 cm³/mol. The first kappa shape index (κ1) is 47.5. The van der Waals surface area contributed by atoms with Crippen LogP contribution in [0.2, 0.25) is 0 Å². The Kier molecular flexibility index (Phi) is 14.4. The minimum Gasteiger partial charge on any atom is -0.483 e. The molecule has 7 atom stereocenters. The van der Waals surface area contributed by atoms with Gasteiger partial charge in [0.05, 0.1) is 18.8 Å². The molecule has 0 saturated heterocycles. The molecule has 2 N–H and O–H groups in total. The van der Waals surface area contributed by atoms with Crippen molar-refractivity contribution in [3.63, 3.8) is 0 Å². The molecule has 2 saturated carbocycles. The number of esters is 2. The van der Waals surface area contributed by atoms with Gasteiger partial charge in [0, 0.05) is 48.5 Å². The summed E-state index contributed by atoms with van der Waals surface area (Å²) in [6, 6.07) is 31.6. The Morgan fingerprint density at radius 2 is 1.60 bits per heavy atom. The summed E-state index contributed by atoms with van der Waals surface area (Å²) in [6.45, 7) is 5.20. The van der Waals surface area contributed by atoms with Gasteiger partial charge in [-0.2, -0.15) is 0 Å². The standard InChI is InChI=1S/C58H66O10/c1-35(2)45-23-19-36-17-20-39(21-18-36)46-24-22-41(40-14-10-13-38(30-40)29-37-11-6-5-7-12-37)31-43(46)32-50(61)65-54-52-49(68-58(3,44-15-8-9-16-44)55(54)67-56(45)62)26-25-47-48(33-60)51(57(63)66-53(47)52)42(27-28-59)34-64-4/h5-7,10-14,17-18,20-21,25-26,30,41-44,46,54-55,59-60H,8-9,15-16,19,22-24,27-29,31-34H2,1-4H3/t41-,42+,43-,46+,54+,55-,58-/m0/s1. The van der Waals surface area contributed by atoms with Crippen molar-refractivity contribution >= 4 is 22.9 Å². The maximum absolute atomic E-state index is 15.2. The Bertz CT molecular complexity index is 2690. The van der Waals surface area contributed by atoms with Gasteiger partial charge in [-0.25, -0.2) is 9.59 Å². The molecule has 10 heteroatoms. The van der Waals surface area contributed by atoms with Gasteiger partial charge in [0.15, 0.2) is 12.2 Å². The fraction of sp³-hybridized carbons (Fsp3) is 0.466. The SMILES string of the molecule is COC[C@@H](CCO)c1c(CO)c2ccc3c(c2oc1=O)[C@H]1OC(=O)C[C@@H]2C[C@@H](c4cccc(Cc5ccccc5)c4)CC[C@@H]2c2ccc(cc2)CCC(=C(C)C)C(=O)O[C@@H]1[C@](C)(C1CCCC1)O3. The summed E-state index contributed by atoms with van der Waals surface area (Å²) < 4.78 is 32.5. The maximum atomic E-state index is 15.2. The lowest BCUT2D eigenvalue weighted by Gasteiger charge is -2.48. The third kappa shape index (κ3) is 9.57. The van der Waals surface area contributed by atoms with E-state index >= 15 is 4.79 Å². The highest BCUT2D eigenvalue weighted by Gasteiger charge is 2.57. The van der Waals surface area contributed by atoms with Gasteiger partial charge in [0.1, 0.15) is 16.9 Å². The molecule has 10 rings (SSSR count). The number of methoxy groups -OCH3 is 1. The zero-order valence-electron chi connectivity index (χ0n) is 40.0. The van der Waals surface area contributed by atoms with Crippen molar-refractivity contribution in [2.24, 2.45) is 11.8 Å². The number of allylic oxidation sites excluding steroid dienone is 1. The van der Waals surface area contributed by atoms with Crippen LogP contribution >= 0.6 is 0 Å². The Morgan fingerprint density at radius 1 is 0.838 bits per heavy atom. The molecule has 0 amide bonds. The van der Waals surface area contributed by atoms with Crippen molar-refractivity contribution in [2.45, 2.75) is 140 Å². The van der Waals surface area contributed by atoms with Gasteiger partial charge in [-0.05, 0) is 142 Å². The second-order valence-electron chi connectivity index (χ2n) is 20.2. The molecule has 1 aromatic heterocycles. The van der Waals surface area contributed by atoms with Crippen LogP contribution < -0.4 is 10.4 Å². The van der Waals surface area contributed by atoms with Crippen LogP contribution in [0.25, 0.3) is 11.0 Å². The van der Waals surface area contributed by atoms with Crippen LogP contribution in [0.3, 0.4) is 0 Å². The highest BCUT2D eigenvalue weighted by molar-refractivity contribution is 5.90. The first-order valence-electron chi connectivity index (χ1n) is 24.8. The van der Waals surface area contributed by atoms with E-state index in [0.29, 0.717) is 35.1 Å². The number of hydrogen-bond acceptors (Lipinski definition) is 10. The lowest BCUT2D eigenvalue weighted by Crippen LogP contribution is -2.58. The van der Waals surface area contributed by atoms with E-state index in [1.807, 2.05) is 26.8 Å². The Morgan fingerprint density at radius 3 is 2.32 bits per heavy atom. The molecule has 10 nitrogen and oxygen atoms in total. The predicted octanol–water partition coefficient (Wildman–Crippen LogP) is 10.9. The molecule has 0 radical (unpaired) electrons. The van der Waals surface area contributed by atoms with Crippen LogP contribution in [0.5, 0.6) is 5.75 Å². The smallest absolute Gasteiger partial charge is 0.340 e. The molecule has 4 aromatic carbocycles. The zero-order chi connectivity index (χ0) is 47.5. The van der Waals surface area contributed by atoms with Crippen molar-refractivity contribution in [2.75, 3.05) is 20.3 Å². The van der Waals surface area contributed by atoms with E-state index in [0.717, 1.165) is 62.5 Å². The number of ether oxygens (including phenoxy) is 4. The highest BCUT2D eigenvalue weighted by atomic mass is 16.6. The van der Waals surface area contributed by atoms with E-state index in [2.05, 4.69) is 72.8 Å². The first-order chi connectivity index (χ1) is 33.0. The van der Waals surface area contributed by atoms with Gasteiger partial charge in [-0.1, -0.05) is 97.3 Å². The topological polar surface area (TPSA) is 142 Å². The molecular formula is C58H66O10. The van der Waals surface area contributed by atoms with E-state index < -0.39 is 47.9 Å². The van der Waals surface area contributed by atoms with Crippen molar-refractivity contribution in [3.8, 4) is 5.75 Å². The van der Waals surface area contributed by atoms with Gasteiger partial charge >= 0.3 is 17.6 Å². The number of benzene rings is 4. The number of fused-ring (bicyclic) bond motifs is 11.